The van der Waals surface area contributed by atoms with Gasteiger partial charge in [-0.25, -0.2) is 4.79 Å². The van der Waals surface area contributed by atoms with Crippen molar-refractivity contribution in [1.29, 1.82) is 0 Å². The molecule has 14 nitrogen and oxygen atoms in total. The second-order valence-electron chi connectivity index (χ2n) is 9.64. The first-order valence-corrected chi connectivity index (χ1v) is 13.5. The number of aromatic amines is 1. The van der Waals surface area contributed by atoms with Crippen LogP contribution in [0.15, 0.2) is 21.9 Å². The van der Waals surface area contributed by atoms with E-state index >= 15 is 0 Å². The molecular formula is C26H38N2O12. The van der Waals surface area contributed by atoms with E-state index in [9.17, 15) is 33.9 Å². The smallest absolute Gasteiger partial charge is 0.330 e. The summed E-state index contributed by atoms with van der Waals surface area (Å²) in [5, 5.41) is 27.3. The second-order valence-corrected chi connectivity index (χ2v) is 9.64. The van der Waals surface area contributed by atoms with Gasteiger partial charge in [0.05, 0.1) is 6.61 Å². The number of carbonyl (C=O) groups excluding carboxylic acids is 2. The van der Waals surface area contributed by atoms with Gasteiger partial charge in [0, 0.05) is 37.9 Å². The summed E-state index contributed by atoms with van der Waals surface area (Å²) in [7, 11) is 0. The van der Waals surface area contributed by atoms with Crippen LogP contribution < -0.4 is 11.2 Å². The van der Waals surface area contributed by atoms with E-state index in [0.29, 0.717) is 44.9 Å². The predicted molar refractivity (Wildman–Crippen MR) is 137 cm³/mol. The average Bonchev–Trinajstić information content (AvgIpc) is 3.21. The summed E-state index contributed by atoms with van der Waals surface area (Å²) < 4.78 is 17.9. The van der Waals surface area contributed by atoms with Crippen molar-refractivity contribution in [3.8, 4) is 0 Å². The van der Waals surface area contributed by atoms with Gasteiger partial charge in [-0.05, 0) is 25.7 Å². The number of hydrogen-bond donors (Lipinski definition) is 4. The maximum Gasteiger partial charge on any atom is 0.330 e. The van der Waals surface area contributed by atoms with Gasteiger partial charge in [-0.3, -0.25) is 33.5 Å². The van der Waals surface area contributed by atoms with E-state index in [1.165, 1.54) is 0 Å². The van der Waals surface area contributed by atoms with Crippen LogP contribution in [0.25, 0.3) is 0 Å². The molecule has 14 heteroatoms. The number of unbranched alkanes of at least 4 members (excludes halogenated alkanes) is 7. The van der Waals surface area contributed by atoms with E-state index in [4.69, 9.17) is 24.4 Å². The predicted octanol–water partition coefficient (Wildman–Crippen LogP) is 1.49. The van der Waals surface area contributed by atoms with Crippen LogP contribution in [-0.2, 0) is 33.4 Å². The largest absolute Gasteiger partial charge is 0.481 e. The summed E-state index contributed by atoms with van der Waals surface area (Å²) in [6, 6.07) is 1.07. The molecule has 1 aromatic rings. The van der Waals surface area contributed by atoms with Crippen LogP contribution in [0.1, 0.15) is 89.7 Å². The lowest BCUT2D eigenvalue weighted by atomic mass is 10.1. The summed E-state index contributed by atoms with van der Waals surface area (Å²) in [4.78, 5) is 72.5. The number of ether oxygens (including phenoxy) is 3. The highest BCUT2D eigenvalue weighted by Gasteiger charge is 2.50. The normalized spacial score (nSPS) is 20.2. The Labute approximate surface area is 230 Å². The zero-order valence-corrected chi connectivity index (χ0v) is 22.3. The quantitative estimate of drug-likeness (QED) is 0.138. The Kier molecular flexibility index (Phi) is 14.1. The molecule has 0 spiro atoms. The Balaban J connectivity index is 2.02. The fraction of sp³-hybridized carbons (Fsp3) is 0.692. The van der Waals surface area contributed by atoms with Crippen LogP contribution in [0.4, 0.5) is 0 Å². The van der Waals surface area contributed by atoms with Crippen molar-refractivity contribution in [2.45, 2.75) is 108 Å². The van der Waals surface area contributed by atoms with Crippen molar-refractivity contribution >= 4 is 23.9 Å². The summed E-state index contributed by atoms with van der Waals surface area (Å²) in [5.74, 6) is -3.02. The third-order valence-corrected chi connectivity index (χ3v) is 6.42. The van der Waals surface area contributed by atoms with Crippen molar-refractivity contribution in [2.24, 2.45) is 0 Å². The van der Waals surface area contributed by atoms with Crippen molar-refractivity contribution in [1.82, 2.24) is 9.55 Å². The third-order valence-electron chi connectivity index (χ3n) is 6.42. The van der Waals surface area contributed by atoms with Gasteiger partial charge >= 0.3 is 29.6 Å². The number of aliphatic hydroxyl groups excluding tert-OH is 1. The summed E-state index contributed by atoms with van der Waals surface area (Å²) >= 11 is 0. The highest BCUT2D eigenvalue weighted by atomic mass is 16.6. The molecule has 2 heterocycles. The Bertz CT molecular complexity index is 1100. The average molecular weight is 571 g/mol. The molecular weight excluding hydrogens is 532 g/mol. The molecule has 4 N–H and O–H groups in total. The lowest BCUT2D eigenvalue weighted by Gasteiger charge is -2.24. The summed E-state index contributed by atoms with van der Waals surface area (Å²) in [6.07, 6.45) is 1.71. The Hall–Kier alpha value is -3.52. The molecule has 0 aromatic carbocycles. The molecule has 1 aromatic heterocycles. The van der Waals surface area contributed by atoms with Gasteiger partial charge in [0.15, 0.2) is 18.4 Å². The van der Waals surface area contributed by atoms with Crippen LogP contribution in [0.5, 0.6) is 0 Å². The molecule has 1 aliphatic heterocycles. The lowest BCUT2D eigenvalue weighted by Crippen LogP contribution is -2.42. The number of aliphatic carboxylic acids is 2. The molecule has 4 atom stereocenters. The number of nitrogens with one attached hydrogen (secondary N) is 1. The van der Waals surface area contributed by atoms with Crippen LogP contribution in [0.3, 0.4) is 0 Å². The van der Waals surface area contributed by atoms with Crippen molar-refractivity contribution < 1.29 is 48.7 Å². The molecule has 0 amide bonds. The number of nitrogens with zero attached hydrogens (tertiary/aromatic N) is 1. The van der Waals surface area contributed by atoms with E-state index in [0.717, 1.165) is 29.7 Å². The van der Waals surface area contributed by atoms with Gasteiger partial charge < -0.3 is 29.5 Å². The maximum atomic E-state index is 12.7. The molecule has 0 radical (unpaired) electrons. The minimum absolute atomic E-state index is 0.0108. The van der Waals surface area contributed by atoms with Gasteiger partial charge in [0.25, 0.3) is 5.56 Å². The number of aromatic nitrogens is 2. The molecule has 1 aliphatic rings. The number of H-pyrrole nitrogens is 1. The van der Waals surface area contributed by atoms with Gasteiger partial charge in [-0.2, -0.15) is 0 Å². The van der Waals surface area contributed by atoms with Crippen LogP contribution >= 0.6 is 0 Å². The molecule has 1 fully saturated rings. The number of carbonyl (C=O) groups is 4. The monoisotopic (exact) mass is 570 g/mol. The van der Waals surface area contributed by atoms with Crippen LogP contribution in [-0.4, -0.2) is 73.7 Å². The van der Waals surface area contributed by atoms with Crippen LogP contribution in [0.2, 0.25) is 0 Å². The number of esters is 2. The standard InChI is InChI=1S/C26H38N2O12/c29-16-17-23(39-21(35)12-8-3-1-2-6-10-19(31)32)24(25(38-17)28-15-14-18(30)27-26(28)37)40-22(36)13-9-5-4-7-11-20(33)34/h14-15,17,23-25,29H,1-13,16H2,(H,31,32)(H,33,34)(H,27,30,37)/t17-,23-,24-,25-/m1/s1. The molecule has 0 aliphatic carbocycles. The molecule has 2 rings (SSSR count). The molecule has 0 bridgehead atoms. The first-order valence-electron chi connectivity index (χ1n) is 13.5. The van der Waals surface area contributed by atoms with E-state index in [1.54, 1.807) is 0 Å². The molecule has 40 heavy (non-hydrogen) atoms. The van der Waals surface area contributed by atoms with Gasteiger partial charge in [-0.1, -0.05) is 32.1 Å². The first-order chi connectivity index (χ1) is 19.1. The minimum Gasteiger partial charge on any atom is -0.481 e. The van der Waals surface area contributed by atoms with Crippen LogP contribution in [0, 0.1) is 0 Å². The molecule has 224 valence electrons. The van der Waals surface area contributed by atoms with Crippen molar-refractivity contribution in [3.63, 3.8) is 0 Å². The Morgan fingerprint density at radius 3 is 1.73 bits per heavy atom. The van der Waals surface area contributed by atoms with Crippen molar-refractivity contribution in [3.05, 3.63) is 33.1 Å². The van der Waals surface area contributed by atoms with E-state index in [2.05, 4.69) is 4.98 Å². The number of rotatable bonds is 19. The fourth-order valence-corrected chi connectivity index (χ4v) is 4.37. The van der Waals surface area contributed by atoms with Gasteiger partial charge in [0.1, 0.15) is 6.10 Å². The maximum absolute atomic E-state index is 12.7. The Morgan fingerprint density at radius 1 is 0.775 bits per heavy atom. The number of carboxylic acids is 2. The topological polar surface area (TPSA) is 212 Å². The Morgan fingerprint density at radius 2 is 1.25 bits per heavy atom. The highest BCUT2D eigenvalue weighted by molar-refractivity contribution is 5.71. The van der Waals surface area contributed by atoms with Crippen molar-refractivity contribution in [2.75, 3.05) is 6.61 Å². The highest BCUT2D eigenvalue weighted by Crippen LogP contribution is 2.33. The van der Waals surface area contributed by atoms with E-state index in [1.807, 2.05) is 0 Å². The lowest BCUT2D eigenvalue weighted by molar-refractivity contribution is -0.169. The number of aliphatic hydroxyl groups is 1. The summed E-state index contributed by atoms with van der Waals surface area (Å²) in [5.41, 5.74) is -1.50. The SMILES string of the molecule is O=C(O)CCCCCCCC(=O)O[C@H]1[C@@H](OC(=O)CCCCCCC(=O)O)[C@H](n2ccc(=O)[nH]c2=O)O[C@@H]1CO. The molecule has 1 saturated heterocycles. The second kappa shape index (κ2) is 17.2. The number of hydrogen-bond acceptors (Lipinski definition) is 10. The zero-order valence-electron chi connectivity index (χ0n) is 22.3. The third kappa shape index (κ3) is 11.3. The van der Waals surface area contributed by atoms with E-state index in [-0.39, 0.29) is 25.7 Å². The summed E-state index contributed by atoms with van der Waals surface area (Å²) in [6.45, 7) is -0.603. The van der Waals surface area contributed by atoms with Gasteiger partial charge in [0.2, 0.25) is 0 Å². The first kappa shape index (κ1) is 32.7. The van der Waals surface area contributed by atoms with Gasteiger partial charge in [-0.15, -0.1) is 0 Å². The minimum atomic E-state index is -1.29. The number of carboxylic acid groups (broad SMARTS) is 2. The molecule has 0 saturated carbocycles. The molecule has 0 unspecified atom stereocenters. The zero-order chi connectivity index (χ0) is 29.5. The fourth-order valence-electron chi connectivity index (χ4n) is 4.37. The van der Waals surface area contributed by atoms with E-state index < -0.39 is 66.3 Å².